The maximum Gasteiger partial charge on any atom is 0.261 e. The van der Waals surface area contributed by atoms with Gasteiger partial charge in [-0.1, -0.05) is 60.3 Å². The van der Waals surface area contributed by atoms with E-state index in [0.29, 0.717) is 34.9 Å². The summed E-state index contributed by atoms with van der Waals surface area (Å²) in [6.07, 6.45) is 4.35. The highest BCUT2D eigenvalue weighted by atomic mass is 79.9. The number of carbonyl (C=O) groups excluding carboxylic acids is 2. The van der Waals surface area contributed by atoms with Crippen LogP contribution in [0.3, 0.4) is 0 Å². The summed E-state index contributed by atoms with van der Waals surface area (Å²) < 4.78 is 6.64. The molecule has 3 rings (SSSR count). The van der Waals surface area contributed by atoms with E-state index in [0.717, 1.165) is 35.7 Å². The van der Waals surface area contributed by atoms with Gasteiger partial charge in [-0.2, -0.15) is 0 Å². The number of anilines is 2. The number of benzene rings is 3. The lowest BCUT2D eigenvalue weighted by Gasteiger charge is -2.14. The number of halogens is 1. The highest BCUT2D eigenvalue weighted by Gasteiger charge is 2.15. The summed E-state index contributed by atoms with van der Waals surface area (Å²) in [5.41, 5.74) is 3.26. The van der Waals surface area contributed by atoms with Crippen molar-refractivity contribution < 1.29 is 14.3 Å². The van der Waals surface area contributed by atoms with Crippen LogP contribution in [0.4, 0.5) is 11.4 Å². The second-order valence-electron chi connectivity index (χ2n) is 8.30. The summed E-state index contributed by atoms with van der Waals surface area (Å²) in [5.74, 6) is -0.0165. The molecular formula is C28H30BrN3O3S. The quantitative estimate of drug-likeness (QED) is 0.180. The highest BCUT2D eigenvalue weighted by molar-refractivity contribution is 9.10. The average Bonchev–Trinajstić information content (AvgIpc) is 2.86. The summed E-state index contributed by atoms with van der Waals surface area (Å²) in [6, 6.07) is 19.8. The Morgan fingerprint density at radius 2 is 1.56 bits per heavy atom. The summed E-state index contributed by atoms with van der Waals surface area (Å²) >= 11 is 8.75. The molecule has 2 amide bonds. The molecular weight excluding hydrogens is 538 g/mol. The monoisotopic (exact) mass is 567 g/mol. The van der Waals surface area contributed by atoms with Crippen molar-refractivity contribution in [2.45, 2.75) is 39.5 Å². The van der Waals surface area contributed by atoms with Gasteiger partial charge in [-0.15, -0.1) is 0 Å². The van der Waals surface area contributed by atoms with Gasteiger partial charge < -0.3 is 15.4 Å². The largest absolute Gasteiger partial charge is 0.493 e. The average molecular weight is 569 g/mol. The molecule has 0 aliphatic carbocycles. The standard InChI is InChI=1S/C28H30BrN3O3S/c1-3-4-5-8-17-35-25-16-11-20(29)18-24(25)27(34)32-28(36)31-22-14-12-21(13-15-22)30-26(33)23-10-7-6-9-19(23)2/h6-7,9-16,18H,3-5,8,17H2,1-2H3,(H,30,33)(H2,31,32,34,36). The van der Waals surface area contributed by atoms with Crippen molar-refractivity contribution in [2.24, 2.45) is 0 Å². The zero-order valence-electron chi connectivity index (χ0n) is 20.4. The van der Waals surface area contributed by atoms with Gasteiger partial charge in [0.05, 0.1) is 12.2 Å². The number of hydrogen-bond donors (Lipinski definition) is 3. The van der Waals surface area contributed by atoms with Crippen molar-refractivity contribution in [3.63, 3.8) is 0 Å². The second-order valence-corrected chi connectivity index (χ2v) is 9.63. The lowest BCUT2D eigenvalue weighted by atomic mass is 10.1. The van der Waals surface area contributed by atoms with Gasteiger partial charge in [0.15, 0.2) is 5.11 Å². The Hall–Kier alpha value is -3.23. The molecule has 3 aromatic rings. The predicted octanol–water partition coefficient (Wildman–Crippen LogP) is 7.10. The van der Waals surface area contributed by atoms with E-state index in [1.807, 2.05) is 31.2 Å². The molecule has 0 atom stereocenters. The normalized spacial score (nSPS) is 10.4. The van der Waals surface area contributed by atoms with Gasteiger partial charge in [-0.3, -0.25) is 14.9 Å². The van der Waals surface area contributed by atoms with Crippen LogP contribution in [-0.2, 0) is 0 Å². The van der Waals surface area contributed by atoms with Gasteiger partial charge in [-0.25, -0.2) is 0 Å². The molecule has 0 heterocycles. The molecule has 0 unspecified atom stereocenters. The van der Waals surface area contributed by atoms with Crippen molar-refractivity contribution in [1.29, 1.82) is 0 Å². The molecule has 3 N–H and O–H groups in total. The Morgan fingerprint density at radius 3 is 2.25 bits per heavy atom. The van der Waals surface area contributed by atoms with Crippen LogP contribution in [0.2, 0.25) is 0 Å². The minimum Gasteiger partial charge on any atom is -0.493 e. The fraction of sp³-hybridized carbons (Fsp3) is 0.250. The van der Waals surface area contributed by atoms with Crippen LogP contribution in [0, 0.1) is 6.92 Å². The number of ether oxygens (including phenoxy) is 1. The van der Waals surface area contributed by atoms with Gasteiger partial charge in [0.25, 0.3) is 11.8 Å². The maximum atomic E-state index is 12.9. The molecule has 0 bridgehead atoms. The van der Waals surface area contributed by atoms with Crippen LogP contribution in [0.15, 0.2) is 71.2 Å². The van der Waals surface area contributed by atoms with Gasteiger partial charge in [-0.05, 0) is 79.7 Å². The van der Waals surface area contributed by atoms with E-state index >= 15 is 0 Å². The molecule has 8 heteroatoms. The third kappa shape index (κ3) is 8.17. The van der Waals surface area contributed by atoms with Crippen molar-refractivity contribution in [1.82, 2.24) is 5.32 Å². The molecule has 0 spiro atoms. The summed E-state index contributed by atoms with van der Waals surface area (Å²) in [4.78, 5) is 25.4. The fourth-order valence-corrected chi connectivity index (χ4v) is 4.08. The van der Waals surface area contributed by atoms with E-state index in [9.17, 15) is 9.59 Å². The van der Waals surface area contributed by atoms with Crippen molar-refractivity contribution in [2.75, 3.05) is 17.2 Å². The Morgan fingerprint density at radius 1 is 0.861 bits per heavy atom. The number of aryl methyl sites for hydroxylation is 1. The number of carbonyl (C=O) groups is 2. The van der Waals surface area contributed by atoms with E-state index in [4.69, 9.17) is 17.0 Å². The van der Waals surface area contributed by atoms with Crippen molar-refractivity contribution in [3.8, 4) is 5.75 Å². The smallest absolute Gasteiger partial charge is 0.261 e. The number of unbranched alkanes of at least 4 members (excludes halogenated alkanes) is 3. The maximum absolute atomic E-state index is 12.9. The number of thiocarbonyl (C=S) groups is 1. The minimum absolute atomic E-state index is 0.158. The third-order valence-corrected chi connectivity index (χ3v) is 6.16. The summed E-state index contributed by atoms with van der Waals surface area (Å²) in [5, 5.41) is 8.75. The van der Waals surface area contributed by atoms with E-state index < -0.39 is 0 Å². The molecule has 0 aliphatic rings. The molecule has 0 radical (unpaired) electrons. The van der Waals surface area contributed by atoms with E-state index in [2.05, 4.69) is 38.8 Å². The number of hydrogen-bond acceptors (Lipinski definition) is 4. The number of nitrogens with one attached hydrogen (secondary N) is 3. The lowest BCUT2D eigenvalue weighted by molar-refractivity contribution is 0.0972. The zero-order chi connectivity index (χ0) is 25.9. The Bertz CT molecular complexity index is 1210. The van der Waals surface area contributed by atoms with E-state index in [1.54, 1.807) is 42.5 Å². The third-order valence-electron chi connectivity index (χ3n) is 5.46. The lowest BCUT2D eigenvalue weighted by Crippen LogP contribution is -2.34. The molecule has 36 heavy (non-hydrogen) atoms. The van der Waals surface area contributed by atoms with Crippen molar-refractivity contribution in [3.05, 3.63) is 87.9 Å². The SMILES string of the molecule is CCCCCCOc1ccc(Br)cc1C(=O)NC(=S)Nc1ccc(NC(=O)c2ccccc2C)cc1. The molecule has 0 fully saturated rings. The zero-order valence-corrected chi connectivity index (χ0v) is 22.8. The Kier molecular flexibility index (Phi) is 10.5. The first-order valence-corrected chi connectivity index (χ1v) is 13.1. The number of rotatable bonds is 10. The topological polar surface area (TPSA) is 79.5 Å². The molecule has 0 saturated carbocycles. The van der Waals surface area contributed by atoms with Gasteiger partial charge in [0.1, 0.15) is 5.75 Å². The summed E-state index contributed by atoms with van der Waals surface area (Å²) in [7, 11) is 0. The van der Waals surface area contributed by atoms with E-state index in [1.165, 1.54) is 0 Å². The van der Waals surface area contributed by atoms with Crippen molar-refractivity contribution >= 4 is 56.4 Å². The highest BCUT2D eigenvalue weighted by Crippen LogP contribution is 2.24. The predicted molar refractivity (Wildman–Crippen MR) is 153 cm³/mol. The molecule has 0 aliphatic heterocycles. The molecule has 0 aromatic heterocycles. The van der Waals surface area contributed by atoms with Crippen LogP contribution >= 0.6 is 28.1 Å². The van der Waals surface area contributed by atoms with Crippen LogP contribution in [-0.4, -0.2) is 23.5 Å². The van der Waals surface area contributed by atoms with Crippen LogP contribution in [0.1, 0.15) is 58.9 Å². The van der Waals surface area contributed by atoms with Gasteiger partial charge in [0.2, 0.25) is 0 Å². The fourth-order valence-electron chi connectivity index (χ4n) is 3.51. The Labute approximate surface area is 226 Å². The minimum atomic E-state index is -0.362. The summed E-state index contributed by atoms with van der Waals surface area (Å²) in [6.45, 7) is 4.61. The van der Waals surface area contributed by atoms with E-state index in [-0.39, 0.29) is 16.9 Å². The first-order chi connectivity index (χ1) is 17.4. The number of amides is 2. The Balaban J connectivity index is 1.56. The molecule has 188 valence electrons. The molecule has 0 saturated heterocycles. The molecule has 6 nitrogen and oxygen atoms in total. The first kappa shape index (κ1) is 27.4. The van der Waals surface area contributed by atoms with Crippen LogP contribution in [0.5, 0.6) is 5.75 Å². The first-order valence-electron chi connectivity index (χ1n) is 11.9. The van der Waals surface area contributed by atoms with Gasteiger partial charge in [0, 0.05) is 21.4 Å². The second kappa shape index (κ2) is 13.8. The van der Waals surface area contributed by atoms with Crippen LogP contribution < -0.4 is 20.7 Å². The molecule has 3 aromatic carbocycles. The van der Waals surface area contributed by atoms with Gasteiger partial charge >= 0.3 is 0 Å². The van der Waals surface area contributed by atoms with Crippen LogP contribution in [0.25, 0.3) is 0 Å².